The van der Waals surface area contributed by atoms with Crippen LogP contribution in [0.25, 0.3) is 0 Å². The maximum atomic E-state index is 12.6. The number of benzene rings is 1. The predicted octanol–water partition coefficient (Wildman–Crippen LogP) is 2.49. The zero-order valence-electron chi connectivity index (χ0n) is 14.5. The number of hydrogen-bond acceptors (Lipinski definition) is 4. The van der Waals surface area contributed by atoms with Crippen LogP contribution in [0.15, 0.2) is 48.8 Å². The van der Waals surface area contributed by atoms with E-state index in [2.05, 4.69) is 4.98 Å². The number of nitrogens with zero attached hydrogens (tertiary/aromatic N) is 3. The second-order valence-corrected chi connectivity index (χ2v) is 6.46. The number of aromatic nitrogens is 1. The summed E-state index contributed by atoms with van der Waals surface area (Å²) in [6.45, 7) is 3.62. The van der Waals surface area contributed by atoms with Gasteiger partial charge >= 0.3 is 0 Å². The highest BCUT2D eigenvalue weighted by atomic mass is 35.5. The van der Waals surface area contributed by atoms with Gasteiger partial charge in [-0.05, 0) is 31.2 Å². The monoisotopic (exact) mass is 373 g/mol. The first-order valence-electron chi connectivity index (χ1n) is 8.45. The Morgan fingerprint density at radius 2 is 1.77 bits per heavy atom. The molecule has 136 valence electrons. The number of piperazine rings is 1. The SMILES string of the molecule is CC(Oc1ccccc1Cl)C(=O)N1CCN(C(=O)c2cccnc2)CC1. The number of para-hydroxylation sites is 1. The van der Waals surface area contributed by atoms with Crippen LogP contribution in [0.3, 0.4) is 0 Å². The number of carbonyl (C=O) groups excluding carboxylic acids is 2. The van der Waals surface area contributed by atoms with E-state index in [0.717, 1.165) is 0 Å². The number of pyridine rings is 1. The van der Waals surface area contributed by atoms with Crippen LogP contribution < -0.4 is 4.74 Å². The number of ether oxygens (including phenoxy) is 1. The lowest BCUT2D eigenvalue weighted by Crippen LogP contribution is -2.53. The van der Waals surface area contributed by atoms with Crippen LogP contribution >= 0.6 is 11.6 Å². The Balaban J connectivity index is 1.55. The van der Waals surface area contributed by atoms with Gasteiger partial charge in [0.2, 0.25) is 0 Å². The van der Waals surface area contributed by atoms with Crippen molar-refractivity contribution in [1.29, 1.82) is 0 Å². The van der Waals surface area contributed by atoms with Crippen LogP contribution in [0.1, 0.15) is 17.3 Å². The van der Waals surface area contributed by atoms with Crippen molar-refractivity contribution in [3.8, 4) is 5.75 Å². The molecule has 1 aromatic carbocycles. The quantitative estimate of drug-likeness (QED) is 0.826. The molecule has 2 aromatic rings. The van der Waals surface area contributed by atoms with Crippen molar-refractivity contribution in [2.45, 2.75) is 13.0 Å². The largest absolute Gasteiger partial charge is 0.479 e. The summed E-state index contributed by atoms with van der Waals surface area (Å²) in [5, 5.41) is 0.471. The van der Waals surface area contributed by atoms with Crippen LogP contribution in [-0.4, -0.2) is 58.9 Å². The Labute approximate surface area is 157 Å². The summed E-state index contributed by atoms with van der Waals surface area (Å²) in [5.41, 5.74) is 0.558. The molecule has 1 saturated heterocycles. The van der Waals surface area contributed by atoms with E-state index in [-0.39, 0.29) is 11.8 Å². The van der Waals surface area contributed by atoms with Crippen LogP contribution in [0.5, 0.6) is 5.75 Å². The molecule has 0 N–H and O–H groups in total. The van der Waals surface area contributed by atoms with E-state index in [1.165, 1.54) is 0 Å². The summed E-state index contributed by atoms with van der Waals surface area (Å²) < 4.78 is 5.69. The molecule has 0 spiro atoms. The molecule has 0 bridgehead atoms. The minimum absolute atomic E-state index is 0.0643. The van der Waals surface area contributed by atoms with Gasteiger partial charge in [0.15, 0.2) is 6.10 Å². The first-order valence-corrected chi connectivity index (χ1v) is 8.83. The third-order valence-corrected chi connectivity index (χ3v) is 4.59. The van der Waals surface area contributed by atoms with Gasteiger partial charge in [-0.2, -0.15) is 0 Å². The van der Waals surface area contributed by atoms with E-state index < -0.39 is 6.10 Å². The molecule has 1 aliphatic heterocycles. The van der Waals surface area contributed by atoms with Gasteiger partial charge in [-0.15, -0.1) is 0 Å². The zero-order chi connectivity index (χ0) is 18.5. The molecule has 1 unspecified atom stereocenters. The molecule has 1 aromatic heterocycles. The molecule has 1 fully saturated rings. The molecule has 1 atom stereocenters. The number of amides is 2. The Hall–Kier alpha value is -2.60. The second kappa shape index (κ2) is 8.19. The molecule has 3 rings (SSSR count). The first-order chi connectivity index (χ1) is 12.6. The average Bonchev–Trinajstić information content (AvgIpc) is 2.69. The Kier molecular flexibility index (Phi) is 5.73. The second-order valence-electron chi connectivity index (χ2n) is 6.05. The van der Waals surface area contributed by atoms with E-state index in [1.54, 1.807) is 65.5 Å². The predicted molar refractivity (Wildman–Crippen MR) is 98.3 cm³/mol. The number of halogens is 1. The number of carbonyl (C=O) groups is 2. The van der Waals surface area contributed by atoms with E-state index in [1.807, 2.05) is 0 Å². The van der Waals surface area contributed by atoms with Crippen molar-refractivity contribution >= 4 is 23.4 Å². The molecule has 6 nitrogen and oxygen atoms in total. The summed E-state index contributed by atoms with van der Waals surface area (Å²) in [5.74, 6) is 0.310. The maximum absolute atomic E-state index is 12.6. The summed E-state index contributed by atoms with van der Waals surface area (Å²) >= 11 is 6.07. The summed E-state index contributed by atoms with van der Waals surface area (Å²) in [7, 11) is 0. The zero-order valence-corrected chi connectivity index (χ0v) is 15.2. The molecule has 2 heterocycles. The lowest BCUT2D eigenvalue weighted by Gasteiger charge is -2.35. The van der Waals surface area contributed by atoms with Gasteiger partial charge in [-0.1, -0.05) is 23.7 Å². The van der Waals surface area contributed by atoms with Crippen LogP contribution in [0.2, 0.25) is 5.02 Å². The average molecular weight is 374 g/mol. The van der Waals surface area contributed by atoms with E-state index in [4.69, 9.17) is 16.3 Å². The van der Waals surface area contributed by atoms with E-state index in [9.17, 15) is 9.59 Å². The lowest BCUT2D eigenvalue weighted by molar-refractivity contribution is -0.139. The summed E-state index contributed by atoms with van der Waals surface area (Å²) in [6.07, 6.45) is 2.54. The smallest absolute Gasteiger partial charge is 0.263 e. The fourth-order valence-corrected chi connectivity index (χ4v) is 3.02. The van der Waals surface area contributed by atoms with E-state index in [0.29, 0.717) is 42.5 Å². The van der Waals surface area contributed by atoms with Gasteiger partial charge in [-0.3, -0.25) is 14.6 Å². The standard InChI is InChI=1S/C19H20ClN3O3/c1-14(26-17-7-3-2-6-16(17)20)18(24)22-9-11-23(12-10-22)19(25)15-5-4-8-21-13-15/h2-8,13-14H,9-12H2,1H3. The van der Waals surface area contributed by atoms with Crippen LogP contribution in [0.4, 0.5) is 0 Å². The van der Waals surface area contributed by atoms with Crippen molar-refractivity contribution in [1.82, 2.24) is 14.8 Å². The molecule has 26 heavy (non-hydrogen) atoms. The summed E-state index contributed by atoms with van der Waals surface area (Å²) in [6, 6.07) is 10.5. The number of hydrogen-bond donors (Lipinski definition) is 0. The van der Waals surface area contributed by atoms with Crippen molar-refractivity contribution in [3.05, 3.63) is 59.4 Å². The maximum Gasteiger partial charge on any atom is 0.263 e. The molecule has 2 amide bonds. The van der Waals surface area contributed by atoms with Gasteiger partial charge in [0.05, 0.1) is 10.6 Å². The molecule has 7 heteroatoms. The molecule has 0 radical (unpaired) electrons. The molecule has 1 aliphatic rings. The molecular formula is C19H20ClN3O3. The highest BCUT2D eigenvalue weighted by Crippen LogP contribution is 2.24. The highest BCUT2D eigenvalue weighted by molar-refractivity contribution is 6.32. The fraction of sp³-hybridized carbons (Fsp3) is 0.316. The Morgan fingerprint density at radius 1 is 1.08 bits per heavy atom. The minimum atomic E-state index is -0.643. The summed E-state index contributed by atoms with van der Waals surface area (Å²) in [4.78, 5) is 32.5. The van der Waals surface area contributed by atoms with Crippen LogP contribution in [0, 0.1) is 0 Å². The minimum Gasteiger partial charge on any atom is -0.479 e. The van der Waals surface area contributed by atoms with Gasteiger partial charge in [0.25, 0.3) is 11.8 Å². The van der Waals surface area contributed by atoms with E-state index >= 15 is 0 Å². The van der Waals surface area contributed by atoms with Gasteiger partial charge in [-0.25, -0.2) is 0 Å². The molecule has 0 saturated carbocycles. The van der Waals surface area contributed by atoms with Crippen molar-refractivity contribution in [2.24, 2.45) is 0 Å². The molecule has 0 aliphatic carbocycles. The van der Waals surface area contributed by atoms with Crippen molar-refractivity contribution in [3.63, 3.8) is 0 Å². The van der Waals surface area contributed by atoms with Gasteiger partial charge in [0, 0.05) is 38.6 Å². The Bertz CT molecular complexity index is 777. The third-order valence-electron chi connectivity index (χ3n) is 4.28. The highest BCUT2D eigenvalue weighted by Gasteiger charge is 2.28. The van der Waals surface area contributed by atoms with Crippen LogP contribution in [-0.2, 0) is 4.79 Å². The Morgan fingerprint density at radius 3 is 2.42 bits per heavy atom. The van der Waals surface area contributed by atoms with Crippen molar-refractivity contribution < 1.29 is 14.3 Å². The van der Waals surface area contributed by atoms with Crippen molar-refractivity contribution in [2.75, 3.05) is 26.2 Å². The molecular weight excluding hydrogens is 354 g/mol. The lowest BCUT2D eigenvalue weighted by atomic mass is 10.2. The first kappa shape index (κ1) is 18.2. The van der Waals surface area contributed by atoms with Gasteiger partial charge < -0.3 is 14.5 Å². The third kappa shape index (κ3) is 4.14. The fourth-order valence-electron chi connectivity index (χ4n) is 2.84. The normalized spacial score (nSPS) is 15.5. The van der Waals surface area contributed by atoms with Gasteiger partial charge in [0.1, 0.15) is 5.75 Å². The topological polar surface area (TPSA) is 62.7 Å². The number of rotatable bonds is 4.